The van der Waals surface area contributed by atoms with Gasteiger partial charge >= 0.3 is 11.9 Å². The van der Waals surface area contributed by atoms with Gasteiger partial charge in [0.2, 0.25) is 11.5 Å². The van der Waals surface area contributed by atoms with Gasteiger partial charge in [-0.3, -0.25) is 14.4 Å². The second kappa shape index (κ2) is 13.7. The van der Waals surface area contributed by atoms with Crippen LogP contribution in [-0.4, -0.2) is 66.3 Å². The molecule has 12 nitrogen and oxygen atoms in total. The lowest BCUT2D eigenvalue weighted by atomic mass is 9.84. The molecule has 0 saturated heterocycles. The molecule has 4 heterocycles. The molecule has 5 rings (SSSR count). The van der Waals surface area contributed by atoms with Crippen LogP contribution < -0.4 is 16.2 Å². The first-order valence-corrected chi connectivity index (χ1v) is 15.2. The number of para-hydroxylation sites is 1. The molecule has 0 aliphatic carbocycles. The van der Waals surface area contributed by atoms with Crippen molar-refractivity contribution < 1.29 is 28.7 Å². The molecule has 1 unspecified atom stereocenters. The van der Waals surface area contributed by atoms with Crippen molar-refractivity contribution >= 4 is 47.7 Å². The van der Waals surface area contributed by atoms with E-state index in [0.29, 0.717) is 30.9 Å². The summed E-state index contributed by atoms with van der Waals surface area (Å²) in [4.78, 5) is 60.3. The average molecular weight is 656 g/mol. The number of nitrogens with zero attached hydrogens (tertiary/aromatic N) is 3. The van der Waals surface area contributed by atoms with Gasteiger partial charge in [-0.05, 0) is 59.0 Å². The predicted octanol–water partition coefficient (Wildman–Crippen LogP) is 3.67. The maximum Gasteiger partial charge on any atom is 0.355 e. The molecule has 2 N–H and O–H groups in total. The second-order valence-corrected chi connectivity index (χ2v) is 12.7. The number of esters is 2. The highest BCUT2D eigenvalue weighted by Gasteiger charge is 2.51. The van der Waals surface area contributed by atoms with Gasteiger partial charge in [0.25, 0.3) is 5.56 Å². The quantitative estimate of drug-likeness (QED) is 0.223. The van der Waals surface area contributed by atoms with Crippen molar-refractivity contribution in [2.45, 2.75) is 77.4 Å². The number of anilines is 1. The van der Waals surface area contributed by atoms with Crippen molar-refractivity contribution in [3.05, 3.63) is 68.6 Å². The molecule has 248 valence electrons. The van der Waals surface area contributed by atoms with E-state index in [9.17, 15) is 19.2 Å². The van der Waals surface area contributed by atoms with Gasteiger partial charge in [-0.1, -0.05) is 30.3 Å². The smallest absolute Gasteiger partial charge is 0.355 e. The zero-order chi connectivity index (χ0) is 32.5. The highest BCUT2D eigenvalue weighted by molar-refractivity contribution is 6.14. The molecular formula is C33H42ClN5O7. The van der Waals surface area contributed by atoms with E-state index in [-0.39, 0.29) is 55.3 Å². The second-order valence-electron chi connectivity index (χ2n) is 12.7. The fraction of sp³-hybridized carbons (Fsp3) is 0.485. The molecule has 2 atom stereocenters. The number of hydrogen-bond donors (Lipinski definition) is 2. The Kier molecular flexibility index (Phi) is 10.3. The van der Waals surface area contributed by atoms with Gasteiger partial charge in [0.1, 0.15) is 12.2 Å². The van der Waals surface area contributed by atoms with Gasteiger partial charge in [-0.2, -0.15) is 0 Å². The number of allylic oxidation sites excluding steroid dienone is 1. The molecule has 3 aliphatic rings. The summed E-state index contributed by atoms with van der Waals surface area (Å²) < 4.78 is 13.0. The number of carbonyl (C=O) groups excluding carboxylic acids is 3. The molecule has 46 heavy (non-hydrogen) atoms. The summed E-state index contributed by atoms with van der Waals surface area (Å²) >= 11 is 0. The van der Waals surface area contributed by atoms with Crippen molar-refractivity contribution in [1.82, 2.24) is 14.8 Å². The van der Waals surface area contributed by atoms with E-state index in [2.05, 4.69) is 15.8 Å². The zero-order valence-electron chi connectivity index (χ0n) is 27.1. The number of halogens is 1. The molecule has 0 saturated carbocycles. The minimum Gasteiger partial charge on any atom is -0.457 e. The van der Waals surface area contributed by atoms with Crippen LogP contribution in [0.15, 0.2) is 45.9 Å². The number of aromatic nitrogens is 1. The summed E-state index contributed by atoms with van der Waals surface area (Å²) in [5.41, 5.74) is 2.14. The minimum atomic E-state index is -1.81. The Hall–Kier alpha value is -4.16. The molecule has 2 aromatic rings. The number of oxime groups is 1. The number of benzene rings is 1. The maximum atomic E-state index is 14.0. The van der Waals surface area contributed by atoms with E-state index in [4.69, 9.17) is 14.3 Å². The van der Waals surface area contributed by atoms with Crippen LogP contribution in [0.1, 0.15) is 75.4 Å². The van der Waals surface area contributed by atoms with Gasteiger partial charge in [0.15, 0.2) is 0 Å². The first kappa shape index (κ1) is 34.7. The predicted molar refractivity (Wildman–Crippen MR) is 176 cm³/mol. The third-order valence-electron chi connectivity index (χ3n) is 8.11. The summed E-state index contributed by atoms with van der Waals surface area (Å²) in [6.45, 7) is 8.60. The van der Waals surface area contributed by atoms with Crippen LogP contribution in [0.3, 0.4) is 0 Å². The number of carbonyl (C=O) groups is 3. The van der Waals surface area contributed by atoms with Crippen LogP contribution >= 0.6 is 12.4 Å². The van der Waals surface area contributed by atoms with Gasteiger partial charge in [0.05, 0.1) is 30.8 Å². The Bertz CT molecular complexity index is 1640. The van der Waals surface area contributed by atoms with E-state index >= 15 is 0 Å². The fourth-order valence-corrected chi connectivity index (χ4v) is 5.85. The number of pyridine rings is 1. The molecular weight excluding hydrogens is 614 g/mol. The van der Waals surface area contributed by atoms with Crippen LogP contribution in [-0.2, 0) is 47.4 Å². The highest BCUT2D eigenvalue weighted by Crippen LogP contribution is 2.46. The third-order valence-corrected chi connectivity index (χ3v) is 8.11. The summed E-state index contributed by atoms with van der Waals surface area (Å²) in [5, 5.41) is 10.6. The van der Waals surface area contributed by atoms with Crippen LogP contribution in [0.25, 0.3) is 5.57 Å². The standard InChI is InChI=1S/C33H41N5O7.ClH/c1-7-33(44-28(40)13-12-27(39)34-14-15-37(5)6)24-16-26-29-22(18-38(26)30(41)23(24)19-43-31(33)42)21(17-35-45-32(2,3)4)20-10-8-9-11-25(20)36-29;/h8-11,16-17,29,36H,7,12-15,18-19H2,1-6H3,(H,34,39);1H/b35-17+;/t29?,33-;/m0./s1. The van der Waals surface area contributed by atoms with E-state index in [0.717, 1.165) is 22.4 Å². The van der Waals surface area contributed by atoms with Crippen LogP contribution in [0.5, 0.6) is 0 Å². The Balaban J connectivity index is 0.00000480. The normalized spacial score (nSPS) is 19.7. The zero-order valence-corrected chi connectivity index (χ0v) is 27.9. The Labute approximate surface area is 274 Å². The number of amides is 1. The van der Waals surface area contributed by atoms with Crippen LogP contribution in [0, 0.1) is 0 Å². The lowest BCUT2D eigenvalue weighted by Crippen LogP contribution is -2.47. The van der Waals surface area contributed by atoms with Crippen molar-refractivity contribution in [3.63, 3.8) is 0 Å². The number of likely N-dealkylation sites (N-methyl/N-ethyl adjacent to an activating group) is 1. The number of ether oxygens (including phenoxy) is 2. The van der Waals surface area contributed by atoms with E-state index < -0.39 is 29.2 Å². The Morgan fingerprint density at radius 2 is 1.96 bits per heavy atom. The molecule has 0 bridgehead atoms. The van der Waals surface area contributed by atoms with Crippen molar-refractivity contribution in [3.8, 4) is 0 Å². The molecule has 3 aliphatic heterocycles. The lowest BCUT2D eigenvalue weighted by Gasteiger charge is -2.36. The van der Waals surface area contributed by atoms with Crippen molar-refractivity contribution in [1.29, 1.82) is 0 Å². The van der Waals surface area contributed by atoms with E-state index in [1.54, 1.807) is 23.8 Å². The molecule has 1 amide bonds. The number of hydrogen-bond acceptors (Lipinski definition) is 10. The molecule has 0 fully saturated rings. The van der Waals surface area contributed by atoms with Crippen molar-refractivity contribution in [2.75, 3.05) is 32.5 Å². The molecule has 1 aromatic heterocycles. The SMILES string of the molecule is CC[C@@]1(OC(=O)CCC(=O)NCCN(C)C)C(=O)OCc2c1cc1n(c2=O)CC2=C(/C=N/OC(C)(C)C)c3ccccc3NC21.Cl. The number of fused-ring (bicyclic) bond motifs is 5. The average Bonchev–Trinajstić information content (AvgIpc) is 3.35. The highest BCUT2D eigenvalue weighted by atomic mass is 35.5. The molecule has 0 spiro atoms. The molecule has 1 aromatic carbocycles. The summed E-state index contributed by atoms with van der Waals surface area (Å²) in [6, 6.07) is 9.18. The van der Waals surface area contributed by atoms with Crippen molar-refractivity contribution in [2.24, 2.45) is 5.16 Å². The van der Waals surface area contributed by atoms with Gasteiger partial charge < -0.3 is 34.4 Å². The first-order chi connectivity index (χ1) is 21.3. The van der Waals surface area contributed by atoms with Crippen LogP contribution in [0.2, 0.25) is 0 Å². The summed E-state index contributed by atoms with van der Waals surface area (Å²) in [6.07, 6.45) is 1.42. The Morgan fingerprint density at radius 3 is 2.65 bits per heavy atom. The van der Waals surface area contributed by atoms with Gasteiger partial charge in [0, 0.05) is 47.6 Å². The monoisotopic (exact) mass is 655 g/mol. The Morgan fingerprint density at radius 1 is 1.22 bits per heavy atom. The summed E-state index contributed by atoms with van der Waals surface area (Å²) in [7, 11) is 3.79. The number of cyclic esters (lactones) is 1. The molecule has 13 heteroatoms. The first-order valence-electron chi connectivity index (χ1n) is 15.2. The third kappa shape index (κ3) is 6.82. The topological polar surface area (TPSA) is 141 Å². The van der Waals surface area contributed by atoms with Gasteiger partial charge in [-0.25, -0.2) is 4.79 Å². The lowest BCUT2D eigenvalue weighted by molar-refractivity contribution is -0.189. The van der Waals surface area contributed by atoms with Crippen LogP contribution in [0.4, 0.5) is 5.69 Å². The van der Waals surface area contributed by atoms with E-state index in [1.165, 1.54) is 0 Å². The summed E-state index contributed by atoms with van der Waals surface area (Å²) in [5.74, 6) is -1.77. The minimum absolute atomic E-state index is 0. The largest absolute Gasteiger partial charge is 0.457 e. The number of nitrogens with one attached hydrogen (secondary N) is 2. The fourth-order valence-electron chi connectivity index (χ4n) is 5.85. The van der Waals surface area contributed by atoms with E-state index in [1.807, 2.05) is 64.0 Å². The maximum absolute atomic E-state index is 14.0. The number of rotatable bonds is 10. The van der Waals surface area contributed by atoms with Gasteiger partial charge in [-0.15, -0.1) is 12.4 Å². The molecule has 0 radical (unpaired) electrons.